The number of hydrogen-bond donors (Lipinski definition) is 1. The molecular formula is C32H38F3N5O3Si. The van der Waals surface area contributed by atoms with Crippen LogP contribution < -0.4 is 9.64 Å². The summed E-state index contributed by atoms with van der Waals surface area (Å²) in [7, 11) is -2.03. The van der Waals surface area contributed by atoms with Crippen LogP contribution in [-0.2, 0) is 10.0 Å². The van der Waals surface area contributed by atoms with Gasteiger partial charge in [0.25, 0.3) is 0 Å². The Balaban J connectivity index is 1.45. The molecule has 0 fully saturated rings. The van der Waals surface area contributed by atoms with Crippen LogP contribution in [0, 0.1) is 5.82 Å². The zero-order chi connectivity index (χ0) is 31.8. The van der Waals surface area contributed by atoms with Gasteiger partial charge in [-0.1, -0.05) is 26.8 Å². The average molecular weight is 626 g/mol. The van der Waals surface area contributed by atoms with E-state index >= 15 is 4.39 Å². The van der Waals surface area contributed by atoms with Gasteiger partial charge in [0.2, 0.25) is 0 Å². The Morgan fingerprint density at radius 3 is 2.41 bits per heavy atom. The monoisotopic (exact) mass is 625 g/mol. The van der Waals surface area contributed by atoms with E-state index in [4.69, 9.17) is 14.1 Å². The summed E-state index contributed by atoms with van der Waals surface area (Å²) >= 11 is 0. The van der Waals surface area contributed by atoms with Crippen LogP contribution in [0.2, 0.25) is 18.1 Å². The van der Waals surface area contributed by atoms with Gasteiger partial charge in [0.1, 0.15) is 23.0 Å². The highest BCUT2D eigenvalue weighted by Gasteiger charge is 2.46. The molecule has 2 atom stereocenters. The first kappa shape index (κ1) is 30.5. The SMILES string of the molecule is CC(C)(O)c1ncc(-c2cc3c(cc2F)nc2n3[C@@H]3C[C@H]2N(CCO[Si](C)(C)C(C)(C)C)c2cccc(OC(F)F)c23)cn1. The predicted octanol–water partition coefficient (Wildman–Crippen LogP) is 7.34. The maximum Gasteiger partial charge on any atom is 0.387 e. The second-order valence-electron chi connectivity index (χ2n) is 13.7. The number of anilines is 1. The molecule has 0 saturated carbocycles. The minimum atomic E-state index is -2.98. The van der Waals surface area contributed by atoms with Gasteiger partial charge in [-0.15, -0.1) is 0 Å². The minimum absolute atomic E-state index is 0.0406. The highest BCUT2D eigenvalue weighted by molar-refractivity contribution is 6.74. The third-order valence-corrected chi connectivity index (χ3v) is 13.8. The molecule has 12 heteroatoms. The number of alkyl halides is 2. The number of hydrogen-bond acceptors (Lipinski definition) is 7. The molecule has 6 rings (SSSR count). The van der Waals surface area contributed by atoms with E-state index in [-0.39, 0.29) is 34.3 Å². The van der Waals surface area contributed by atoms with Crippen LogP contribution >= 0.6 is 0 Å². The van der Waals surface area contributed by atoms with Crippen LogP contribution in [0.5, 0.6) is 5.75 Å². The van der Waals surface area contributed by atoms with Crippen molar-refractivity contribution < 1.29 is 27.4 Å². The summed E-state index contributed by atoms with van der Waals surface area (Å²) in [6.07, 6.45) is 3.57. The minimum Gasteiger partial charge on any atom is -0.434 e. The highest BCUT2D eigenvalue weighted by Crippen LogP contribution is 2.55. The van der Waals surface area contributed by atoms with E-state index in [9.17, 15) is 13.9 Å². The molecule has 0 spiro atoms. The van der Waals surface area contributed by atoms with Gasteiger partial charge in [-0.25, -0.2) is 19.3 Å². The van der Waals surface area contributed by atoms with E-state index in [2.05, 4.69) is 48.7 Å². The van der Waals surface area contributed by atoms with Gasteiger partial charge in [-0.3, -0.25) is 0 Å². The van der Waals surface area contributed by atoms with Gasteiger partial charge in [-0.2, -0.15) is 8.78 Å². The molecular weight excluding hydrogens is 587 g/mol. The Kier molecular flexibility index (Phi) is 7.33. The Hall–Kier alpha value is -3.48. The van der Waals surface area contributed by atoms with Crippen molar-refractivity contribution in [3.8, 4) is 16.9 Å². The molecule has 4 aromatic rings. The largest absolute Gasteiger partial charge is 0.434 e. The number of rotatable bonds is 8. The number of halogens is 3. The average Bonchev–Trinajstić information content (AvgIpc) is 3.44. The van der Waals surface area contributed by atoms with Crippen molar-refractivity contribution in [2.45, 2.75) is 83.5 Å². The first-order valence-electron chi connectivity index (χ1n) is 14.8. The summed E-state index contributed by atoms with van der Waals surface area (Å²) in [6.45, 7) is 12.1. The zero-order valence-corrected chi connectivity index (χ0v) is 27.0. The van der Waals surface area contributed by atoms with E-state index < -0.39 is 26.3 Å². The number of imidazole rings is 1. The number of fused-ring (bicyclic) bond motifs is 9. The lowest BCUT2D eigenvalue weighted by Gasteiger charge is -2.40. The standard InChI is InChI=1S/C32H38F3N5O3Si/c1-31(2,3)44(6,7)42-12-11-39-22-9-8-10-26(43-30(34)35)27(22)24-15-25(39)28-38-21-14-20(33)19(13-23(21)40(24)28)18-16-36-29(37-17-18)32(4,5)41/h8-10,13-14,16-17,24-25,30,41H,11-12,15H2,1-7H3/t24-,25-/m1/s1. The van der Waals surface area contributed by atoms with Crippen molar-refractivity contribution in [2.24, 2.45) is 0 Å². The number of nitrogens with zero attached hydrogens (tertiary/aromatic N) is 5. The predicted molar refractivity (Wildman–Crippen MR) is 165 cm³/mol. The van der Waals surface area contributed by atoms with Crippen molar-refractivity contribution in [3.05, 3.63) is 65.8 Å². The molecule has 234 valence electrons. The second-order valence-corrected chi connectivity index (χ2v) is 18.5. The highest BCUT2D eigenvalue weighted by atomic mass is 28.4. The molecule has 0 saturated heterocycles. The van der Waals surface area contributed by atoms with Gasteiger partial charge in [-0.05, 0) is 50.2 Å². The smallest absolute Gasteiger partial charge is 0.387 e. The Labute approximate surface area is 256 Å². The molecule has 4 heterocycles. The van der Waals surface area contributed by atoms with E-state index in [1.807, 2.05) is 10.6 Å². The van der Waals surface area contributed by atoms with Crippen LogP contribution in [0.1, 0.15) is 70.3 Å². The van der Waals surface area contributed by atoms with E-state index in [1.165, 1.54) is 18.5 Å². The summed E-state index contributed by atoms with van der Waals surface area (Å²) in [5.41, 5.74) is 2.09. The normalized spacial score (nSPS) is 18.2. The van der Waals surface area contributed by atoms with Crippen molar-refractivity contribution in [1.29, 1.82) is 0 Å². The lowest BCUT2D eigenvalue weighted by atomic mass is 9.93. The molecule has 0 unspecified atom stereocenters. The number of ether oxygens (including phenoxy) is 1. The topological polar surface area (TPSA) is 85.5 Å². The maximum atomic E-state index is 15.5. The second kappa shape index (κ2) is 10.6. The molecule has 2 aromatic carbocycles. The van der Waals surface area contributed by atoms with Crippen molar-refractivity contribution in [3.63, 3.8) is 0 Å². The van der Waals surface area contributed by atoms with Crippen molar-refractivity contribution in [2.75, 3.05) is 18.1 Å². The quantitative estimate of drug-likeness (QED) is 0.205. The summed E-state index contributed by atoms with van der Waals surface area (Å²) < 4.78 is 56.3. The molecule has 0 amide bonds. The zero-order valence-electron chi connectivity index (χ0n) is 26.0. The van der Waals surface area contributed by atoms with Gasteiger partial charge in [0, 0.05) is 53.8 Å². The fourth-order valence-electron chi connectivity index (χ4n) is 6.01. The number of aromatic nitrogens is 4. The van der Waals surface area contributed by atoms with Crippen molar-refractivity contribution >= 4 is 25.0 Å². The van der Waals surface area contributed by atoms with E-state index in [1.54, 1.807) is 32.0 Å². The third-order valence-electron chi connectivity index (χ3n) is 9.25. The maximum absolute atomic E-state index is 15.5. The first-order chi connectivity index (χ1) is 20.6. The van der Waals surface area contributed by atoms with Gasteiger partial charge in [0.15, 0.2) is 14.1 Å². The summed E-state index contributed by atoms with van der Waals surface area (Å²) in [5.74, 6) is 0.592. The summed E-state index contributed by atoms with van der Waals surface area (Å²) in [5, 5.41) is 10.3. The summed E-state index contributed by atoms with van der Waals surface area (Å²) in [6, 6.07) is 7.84. The van der Waals surface area contributed by atoms with Crippen LogP contribution in [0.25, 0.3) is 22.2 Å². The van der Waals surface area contributed by atoms with Gasteiger partial charge in [0.05, 0.1) is 29.7 Å². The molecule has 2 aliphatic rings. The fourth-order valence-corrected chi connectivity index (χ4v) is 7.05. The number of aliphatic hydroxyl groups is 1. The third kappa shape index (κ3) is 5.16. The molecule has 2 bridgehead atoms. The van der Waals surface area contributed by atoms with Crippen LogP contribution in [0.3, 0.4) is 0 Å². The van der Waals surface area contributed by atoms with Gasteiger partial charge < -0.3 is 23.7 Å². The van der Waals surface area contributed by atoms with E-state index in [0.717, 1.165) is 11.5 Å². The molecule has 2 aliphatic heterocycles. The van der Waals surface area contributed by atoms with Crippen molar-refractivity contribution in [1.82, 2.24) is 19.5 Å². The fraction of sp³-hybridized carbons (Fsp3) is 0.469. The van der Waals surface area contributed by atoms with E-state index in [0.29, 0.717) is 41.7 Å². The molecule has 44 heavy (non-hydrogen) atoms. The lowest BCUT2D eigenvalue weighted by molar-refractivity contribution is -0.0507. The Morgan fingerprint density at radius 2 is 1.77 bits per heavy atom. The Bertz CT molecular complexity index is 1710. The number of benzene rings is 2. The van der Waals surface area contributed by atoms with Gasteiger partial charge >= 0.3 is 6.61 Å². The van der Waals surface area contributed by atoms with Crippen LogP contribution in [0.15, 0.2) is 42.7 Å². The summed E-state index contributed by atoms with van der Waals surface area (Å²) in [4.78, 5) is 15.6. The molecule has 2 aromatic heterocycles. The first-order valence-corrected chi connectivity index (χ1v) is 17.7. The molecule has 0 aliphatic carbocycles. The molecule has 8 nitrogen and oxygen atoms in total. The Morgan fingerprint density at radius 1 is 1.07 bits per heavy atom. The lowest BCUT2D eigenvalue weighted by Crippen LogP contribution is -2.43. The molecule has 0 radical (unpaired) electrons. The van der Waals surface area contributed by atoms with Crippen LogP contribution in [-0.4, -0.2) is 52.7 Å². The molecule has 1 N–H and O–H groups in total. The van der Waals surface area contributed by atoms with Crippen LogP contribution in [0.4, 0.5) is 18.9 Å².